The minimum atomic E-state index is 0.852. The lowest BCUT2D eigenvalue weighted by molar-refractivity contribution is 0.415. The summed E-state index contributed by atoms with van der Waals surface area (Å²) in [5.41, 5.74) is 1.08. The molecule has 1 rings (SSSR count). The highest BCUT2D eigenvalue weighted by Crippen LogP contribution is 2.18. The molecule has 0 atom stereocenters. The zero-order valence-corrected chi connectivity index (χ0v) is 8.89. The third-order valence-corrected chi connectivity index (χ3v) is 2.21. The number of anilines is 1. The van der Waals surface area contributed by atoms with Gasteiger partial charge in [-0.05, 0) is 31.2 Å². The van der Waals surface area contributed by atoms with Crippen LogP contribution in [0.3, 0.4) is 0 Å². The standard InChI is InChI=1S/C10H13NOS/c1-8(13)11(2)9-4-6-10(12-3)7-5-9/h4-7H,1-3H3. The van der Waals surface area contributed by atoms with E-state index in [0.717, 1.165) is 16.4 Å². The number of benzene rings is 1. The molecular weight excluding hydrogens is 182 g/mol. The average Bonchev–Trinajstić information content (AvgIpc) is 2.17. The number of hydrogen-bond acceptors (Lipinski definition) is 2. The average molecular weight is 195 g/mol. The summed E-state index contributed by atoms with van der Waals surface area (Å²) in [7, 11) is 3.60. The highest BCUT2D eigenvalue weighted by atomic mass is 32.1. The largest absolute Gasteiger partial charge is 0.497 e. The van der Waals surface area contributed by atoms with Crippen LogP contribution < -0.4 is 9.64 Å². The second kappa shape index (κ2) is 4.23. The zero-order chi connectivity index (χ0) is 9.84. The maximum atomic E-state index is 5.06. The van der Waals surface area contributed by atoms with Crippen molar-refractivity contribution in [3.8, 4) is 5.75 Å². The van der Waals surface area contributed by atoms with Crippen molar-refractivity contribution >= 4 is 22.9 Å². The van der Waals surface area contributed by atoms with Gasteiger partial charge < -0.3 is 9.64 Å². The van der Waals surface area contributed by atoms with E-state index in [4.69, 9.17) is 17.0 Å². The molecule has 0 aliphatic heterocycles. The fraction of sp³-hybridized carbons (Fsp3) is 0.300. The Kier molecular flexibility index (Phi) is 3.25. The van der Waals surface area contributed by atoms with E-state index in [-0.39, 0.29) is 0 Å². The first kappa shape index (κ1) is 9.99. The number of hydrogen-bond donors (Lipinski definition) is 0. The predicted octanol–water partition coefficient (Wildman–Crippen LogP) is 2.48. The summed E-state index contributed by atoms with van der Waals surface area (Å²) in [6, 6.07) is 7.80. The fourth-order valence-corrected chi connectivity index (χ4v) is 1.09. The predicted molar refractivity (Wildman–Crippen MR) is 59.7 cm³/mol. The summed E-state index contributed by atoms with van der Waals surface area (Å²) in [6.45, 7) is 1.90. The van der Waals surface area contributed by atoms with Crippen molar-refractivity contribution < 1.29 is 4.74 Å². The molecule has 1 aromatic rings. The lowest BCUT2D eigenvalue weighted by Crippen LogP contribution is -2.20. The Labute approximate surface area is 84.1 Å². The number of thiocarbonyl (C=S) groups is 1. The molecule has 0 aliphatic carbocycles. The number of ether oxygens (including phenoxy) is 1. The number of rotatable bonds is 2. The van der Waals surface area contributed by atoms with E-state index in [2.05, 4.69) is 0 Å². The fourth-order valence-electron chi connectivity index (χ4n) is 0.988. The maximum Gasteiger partial charge on any atom is 0.119 e. The van der Waals surface area contributed by atoms with E-state index in [1.54, 1.807) is 7.11 Å². The number of methoxy groups -OCH3 is 1. The molecule has 0 saturated carbocycles. The maximum absolute atomic E-state index is 5.06. The molecule has 0 spiro atoms. The first-order valence-corrected chi connectivity index (χ1v) is 4.44. The summed E-state index contributed by atoms with van der Waals surface area (Å²) >= 11 is 5.06. The molecule has 70 valence electrons. The highest BCUT2D eigenvalue weighted by molar-refractivity contribution is 7.80. The molecule has 1 aromatic carbocycles. The molecule has 0 amide bonds. The molecule has 0 aliphatic rings. The van der Waals surface area contributed by atoms with Gasteiger partial charge in [-0.3, -0.25) is 0 Å². The highest BCUT2D eigenvalue weighted by Gasteiger charge is 2.01. The molecule has 0 N–H and O–H groups in total. The van der Waals surface area contributed by atoms with Gasteiger partial charge in [0.05, 0.1) is 12.1 Å². The Morgan fingerprint density at radius 2 is 1.85 bits per heavy atom. The Morgan fingerprint density at radius 1 is 1.31 bits per heavy atom. The van der Waals surface area contributed by atoms with Crippen molar-refractivity contribution in [1.29, 1.82) is 0 Å². The molecule has 0 unspecified atom stereocenters. The summed E-state index contributed by atoms with van der Waals surface area (Å²) in [5.74, 6) is 0.860. The van der Waals surface area contributed by atoms with Crippen LogP contribution in [0.5, 0.6) is 5.75 Å². The van der Waals surface area contributed by atoms with E-state index in [1.165, 1.54) is 0 Å². The Bertz CT molecular complexity index is 294. The smallest absolute Gasteiger partial charge is 0.119 e. The summed E-state index contributed by atoms with van der Waals surface area (Å²) in [6.07, 6.45) is 0. The second-order valence-electron chi connectivity index (χ2n) is 2.78. The quantitative estimate of drug-likeness (QED) is 0.673. The van der Waals surface area contributed by atoms with Crippen LogP contribution in [0.25, 0.3) is 0 Å². The topological polar surface area (TPSA) is 12.5 Å². The van der Waals surface area contributed by atoms with E-state index in [1.807, 2.05) is 43.1 Å². The molecule has 0 fully saturated rings. The van der Waals surface area contributed by atoms with Crippen molar-refractivity contribution in [3.05, 3.63) is 24.3 Å². The van der Waals surface area contributed by atoms with Gasteiger partial charge in [-0.15, -0.1) is 0 Å². The van der Waals surface area contributed by atoms with Crippen molar-refractivity contribution in [2.45, 2.75) is 6.92 Å². The lowest BCUT2D eigenvalue weighted by Gasteiger charge is -2.17. The van der Waals surface area contributed by atoms with Gasteiger partial charge in [-0.1, -0.05) is 12.2 Å². The molecule has 0 radical (unpaired) electrons. The molecule has 2 nitrogen and oxygen atoms in total. The normalized spacial score (nSPS) is 9.46. The molecule has 0 heterocycles. The van der Waals surface area contributed by atoms with Crippen molar-refractivity contribution in [2.75, 3.05) is 19.1 Å². The third-order valence-electron chi connectivity index (χ3n) is 1.93. The molecule has 0 aromatic heterocycles. The van der Waals surface area contributed by atoms with Crippen LogP contribution in [0.4, 0.5) is 5.69 Å². The lowest BCUT2D eigenvalue weighted by atomic mass is 10.3. The minimum Gasteiger partial charge on any atom is -0.497 e. The van der Waals surface area contributed by atoms with Gasteiger partial charge in [0, 0.05) is 12.7 Å². The van der Waals surface area contributed by atoms with E-state index >= 15 is 0 Å². The van der Waals surface area contributed by atoms with Crippen molar-refractivity contribution in [2.24, 2.45) is 0 Å². The van der Waals surface area contributed by atoms with Crippen LogP contribution in [0.2, 0.25) is 0 Å². The number of nitrogens with zero attached hydrogens (tertiary/aromatic N) is 1. The van der Waals surface area contributed by atoms with Crippen LogP contribution in [0.15, 0.2) is 24.3 Å². The van der Waals surface area contributed by atoms with E-state index < -0.39 is 0 Å². The Balaban J connectivity index is 2.85. The van der Waals surface area contributed by atoms with Crippen LogP contribution in [0.1, 0.15) is 6.92 Å². The summed E-state index contributed by atoms with van der Waals surface area (Å²) in [5, 5.41) is 0. The third kappa shape index (κ3) is 2.42. The zero-order valence-electron chi connectivity index (χ0n) is 8.07. The van der Waals surface area contributed by atoms with Crippen molar-refractivity contribution in [1.82, 2.24) is 0 Å². The molecule has 0 bridgehead atoms. The van der Waals surface area contributed by atoms with E-state index in [0.29, 0.717) is 0 Å². The van der Waals surface area contributed by atoms with Gasteiger partial charge >= 0.3 is 0 Å². The molecular formula is C10H13NOS. The van der Waals surface area contributed by atoms with Gasteiger partial charge in [-0.25, -0.2) is 0 Å². The molecule has 0 saturated heterocycles. The van der Waals surface area contributed by atoms with Crippen LogP contribution in [-0.2, 0) is 0 Å². The van der Waals surface area contributed by atoms with Crippen molar-refractivity contribution in [3.63, 3.8) is 0 Å². The first-order valence-electron chi connectivity index (χ1n) is 4.03. The summed E-state index contributed by atoms with van der Waals surface area (Å²) in [4.78, 5) is 2.81. The van der Waals surface area contributed by atoms with Crippen LogP contribution in [-0.4, -0.2) is 19.1 Å². The SMILES string of the molecule is COc1ccc(N(C)C(C)=S)cc1. The van der Waals surface area contributed by atoms with Gasteiger partial charge in [0.1, 0.15) is 5.75 Å². The monoisotopic (exact) mass is 195 g/mol. The van der Waals surface area contributed by atoms with Gasteiger partial charge in [0.15, 0.2) is 0 Å². The second-order valence-corrected chi connectivity index (χ2v) is 3.37. The van der Waals surface area contributed by atoms with Crippen LogP contribution >= 0.6 is 12.2 Å². The first-order chi connectivity index (χ1) is 6.15. The van der Waals surface area contributed by atoms with Gasteiger partial charge in [-0.2, -0.15) is 0 Å². The molecule has 3 heteroatoms. The van der Waals surface area contributed by atoms with E-state index in [9.17, 15) is 0 Å². The Morgan fingerprint density at radius 3 is 2.23 bits per heavy atom. The van der Waals surface area contributed by atoms with Crippen LogP contribution in [0, 0.1) is 0 Å². The molecule has 13 heavy (non-hydrogen) atoms. The Hall–Kier alpha value is -1.09. The summed E-state index contributed by atoms with van der Waals surface area (Å²) < 4.78 is 5.06. The minimum absolute atomic E-state index is 0.852. The van der Waals surface area contributed by atoms with Gasteiger partial charge in [0.25, 0.3) is 0 Å². The van der Waals surface area contributed by atoms with Gasteiger partial charge in [0.2, 0.25) is 0 Å².